The summed E-state index contributed by atoms with van der Waals surface area (Å²) >= 11 is 6.09. The van der Waals surface area contributed by atoms with Gasteiger partial charge in [0.25, 0.3) is 0 Å². The first-order chi connectivity index (χ1) is 20.3. The molecule has 2 saturated heterocycles. The normalized spacial score (nSPS) is 24.9. The molecule has 6 unspecified atom stereocenters. The van der Waals surface area contributed by atoms with Crippen LogP contribution in [0.4, 0.5) is 14.9 Å². The maximum Gasteiger partial charge on any atom is 0.407 e. The maximum atomic E-state index is 15.3. The number of fused-ring (bicyclic) bond motifs is 2. The molecule has 2 aliphatic rings. The van der Waals surface area contributed by atoms with Crippen LogP contribution in [-0.2, 0) is 26.0 Å². The Kier molecular flexibility index (Phi) is 10.7. The first kappa shape index (κ1) is 33.2. The number of hydrogen-bond donors (Lipinski definition) is 2. The van der Waals surface area contributed by atoms with Crippen molar-refractivity contribution in [2.75, 3.05) is 31.8 Å². The number of amides is 2. The number of likely N-dealkylation sites (N-methyl/N-ethyl adjacent to an activating group) is 1. The second kappa shape index (κ2) is 13.9. The lowest BCUT2D eigenvalue weighted by molar-refractivity contribution is -0.118. The van der Waals surface area contributed by atoms with Gasteiger partial charge < -0.3 is 20.3 Å². The number of sulfonamides is 1. The van der Waals surface area contributed by atoms with Gasteiger partial charge in [0.15, 0.2) is 0 Å². The molecule has 12 heteroatoms. The van der Waals surface area contributed by atoms with Crippen molar-refractivity contribution < 1.29 is 27.1 Å². The van der Waals surface area contributed by atoms with E-state index in [0.717, 1.165) is 12.0 Å². The Morgan fingerprint density at radius 3 is 2.51 bits per heavy atom. The predicted octanol–water partition coefficient (Wildman–Crippen LogP) is 5.01. The largest absolute Gasteiger partial charge is 0.453 e. The molecular formula is C31H42ClFN4O5S. The van der Waals surface area contributed by atoms with Crippen LogP contribution in [0.1, 0.15) is 57.1 Å². The van der Waals surface area contributed by atoms with Gasteiger partial charge in [0, 0.05) is 46.9 Å². The summed E-state index contributed by atoms with van der Waals surface area (Å²) in [4.78, 5) is 28.4. The second-order valence-electron chi connectivity index (χ2n) is 11.9. The van der Waals surface area contributed by atoms with E-state index in [9.17, 15) is 18.0 Å². The third kappa shape index (κ3) is 7.50. The fourth-order valence-electron chi connectivity index (χ4n) is 6.76. The summed E-state index contributed by atoms with van der Waals surface area (Å²) in [7, 11) is -0.214. The maximum absolute atomic E-state index is 15.3. The predicted molar refractivity (Wildman–Crippen MR) is 166 cm³/mol. The molecule has 0 radical (unpaired) electrons. The SMILES string of the molecule is COC(=O)NC(C(=O)Nc1cccc(F)c1CCC1CN(C)C2CCCS(=O)(=O)N1C2C)C(c1ccc(Cl)cc1)C(C)C. The lowest BCUT2D eigenvalue weighted by atomic mass is 9.82. The van der Waals surface area contributed by atoms with Crippen LogP contribution >= 0.6 is 11.6 Å². The Morgan fingerprint density at radius 2 is 1.86 bits per heavy atom. The molecule has 0 spiro atoms. The van der Waals surface area contributed by atoms with Gasteiger partial charge in [0.05, 0.1) is 12.9 Å². The number of alkyl carbamates (subject to hydrolysis) is 1. The number of ether oxygens (including phenoxy) is 1. The van der Waals surface area contributed by atoms with Crippen molar-refractivity contribution in [2.45, 2.75) is 76.5 Å². The highest BCUT2D eigenvalue weighted by molar-refractivity contribution is 7.89. The number of methoxy groups -OCH3 is 1. The smallest absolute Gasteiger partial charge is 0.407 e. The molecule has 2 bridgehead atoms. The van der Waals surface area contributed by atoms with Crippen molar-refractivity contribution in [3.8, 4) is 0 Å². The van der Waals surface area contributed by atoms with Crippen molar-refractivity contribution in [1.29, 1.82) is 0 Å². The zero-order chi connectivity index (χ0) is 31.5. The average molecular weight is 637 g/mol. The van der Waals surface area contributed by atoms with Gasteiger partial charge in [-0.3, -0.25) is 4.79 Å². The van der Waals surface area contributed by atoms with Gasteiger partial charge in [0.1, 0.15) is 11.9 Å². The Bertz CT molecular complexity index is 1410. The molecule has 0 aromatic heterocycles. The molecular weight excluding hydrogens is 595 g/mol. The van der Waals surface area contributed by atoms with E-state index in [1.54, 1.807) is 22.5 Å². The minimum atomic E-state index is -3.45. The van der Waals surface area contributed by atoms with E-state index in [4.69, 9.17) is 16.3 Å². The minimum Gasteiger partial charge on any atom is -0.453 e. The van der Waals surface area contributed by atoms with Crippen LogP contribution in [0.2, 0.25) is 5.02 Å². The third-order valence-electron chi connectivity index (χ3n) is 8.78. The van der Waals surface area contributed by atoms with Crippen molar-refractivity contribution in [2.24, 2.45) is 5.92 Å². The number of benzene rings is 2. The molecule has 2 fully saturated rings. The number of hydrogen-bond acceptors (Lipinski definition) is 6. The number of anilines is 1. The van der Waals surface area contributed by atoms with Gasteiger partial charge in [-0.1, -0.05) is 43.6 Å². The summed E-state index contributed by atoms with van der Waals surface area (Å²) in [6, 6.07) is 10.1. The molecule has 4 rings (SSSR count). The van der Waals surface area contributed by atoms with Gasteiger partial charge in [-0.2, -0.15) is 4.31 Å². The second-order valence-corrected chi connectivity index (χ2v) is 14.3. The summed E-state index contributed by atoms with van der Waals surface area (Å²) in [6.45, 7) is 6.38. The Morgan fingerprint density at radius 1 is 1.16 bits per heavy atom. The van der Waals surface area contributed by atoms with E-state index in [-0.39, 0.29) is 47.5 Å². The molecule has 2 N–H and O–H groups in total. The van der Waals surface area contributed by atoms with Gasteiger partial charge in [-0.25, -0.2) is 17.6 Å². The van der Waals surface area contributed by atoms with Gasteiger partial charge in [-0.15, -0.1) is 0 Å². The van der Waals surface area contributed by atoms with E-state index in [1.807, 2.05) is 40.0 Å². The number of piperazine rings is 1. The number of carbonyl (C=O) groups is 2. The Labute approximate surface area is 259 Å². The van der Waals surface area contributed by atoms with Crippen molar-refractivity contribution in [1.82, 2.24) is 14.5 Å². The number of nitrogens with one attached hydrogen (secondary N) is 2. The molecule has 2 heterocycles. The molecule has 6 atom stereocenters. The monoisotopic (exact) mass is 636 g/mol. The zero-order valence-electron chi connectivity index (χ0n) is 25.3. The third-order valence-corrected chi connectivity index (χ3v) is 11.1. The average Bonchev–Trinajstić information content (AvgIpc) is 3.02. The van der Waals surface area contributed by atoms with Crippen molar-refractivity contribution >= 4 is 39.3 Å². The summed E-state index contributed by atoms with van der Waals surface area (Å²) in [5.41, 5.74) is 1.35. The summed E-state index contributed by atoms with van der Waals surface area (Å²) in [5.74, 6) is -1.45. The number of halogens is 2. The van der Waals surface area contributed by atoms with Crippen LogP contribution in [0.3, 0.4) is 0 Å². The molecule has 43 heavy (non-hydrogen) atoms. The lowest BCUT2D eigenvalue weighted by Gasteiger charge is -2.47. The van der Waals surface area contributed by atoms with Crippen LogP contribution in [0.5, 0.6) is 0 Å². The molecule has 9 nitrogen and oxygen atoms in total. The number of carbonyl (C=O) groups excluding carboxylic acids is 2. The highest BCUT2D eigenvalue weighted by atomic mass is 35.5. The highest BCUT2D eigenvalue weighted by Gasteiger charge is 2.45. The van der Waals surface area contributed by atoms with E-state index in [1.165, 1.54) is 19.2 Å². The van der Waals surface area contributed by atoms with Crippen LogP contribution in [0.25, 0.3) is 0 Å². The van der Waals surface area contributed by atoms with Crippen LogP contribution in [0.15, 0.2) is 42.5 Å². The van der Waals surface area contributed by atoms with Crippen LogP contribution in [0, 0.1) is 11.7 Å². The number of nitrogens with zero attached hydrogens (tertiary/aromatic N) is 2. The molecule has 2 aliphatic heterocycles. The molecule has 2 aromatic rings. The minimum absolute atomic E-state index is 0.0780. The van der Waals surface area contributed by atoms with E-state index < -0.39 is 39.8 Å². The fourth-order valence-corrected chi connectivity index (χ4v) is 8.90. The molecule has 2 amide bonds. The van der Waals surface area contributed by atoms with Crippen LogP contribution < -0.4 is 10.6 Å². The topological polar surface area (TPSA) is 108 Å². The van der Waals surface area contributed by atoms with E-state index in [0.29, 0.717) is 24.4 Å². The van der Waals surface area contributed by atoms with Crippen LogP contribution in [-0.4, -0.2) is 80.2 Å². The molecule has 236 valence electrons. The summed E-state index contributed by atoms with van der Waals surface area (Å²) in [6.07, 6.45) is 1.25. The quantitative estimate of drug-likeness (QED) is 0.401. The van der Waals surface area contributed by atoms with E-state index >= 15 is 4.39 Å². The Hall–Kier alpha value is -2.73. The van der Waals surface area contributed by atoms with Gasteiger partial charge in [0.2, 0.25) is 15.9 Å². The molecule has 0 saturated carbocycles. The fraction of sp³-hybridized carbons (Fsp3) is 0.548. The Balaban J connectivity index is 1.60. The first-order valence-electron chi connectivity index (χ1n) is 14.7. The first-order valence-corrected chi connectivity index (χ1v) is 16.7. The van der Waals surface area contributed by atoms with Gasteiger partial charge >= 0.3 is 6.09 Å². The standard InChI is InChI=1S/C31H42ClFN4O5S/c1-19(2)28(21-11-13-22(32)14-12-21)29(35-31(39)42-5)30(38)34-26-9-6-8-25(33)24(26)16-15-23-18-36(4)27-10-7-17-43(40,41)37(23)20(27)3/h6,8-9,11-14,19-20,23,27-29H,7,10,15-18H2,1-5H3,(H,34,38)(H,35,39). The van der Waals surface area contributed by atoms with Crippen molar-refractivity contribution in [3.05, 3.63) is 64.4 Å². The van der Waals surface area contributed by atoms with Gasteiger partial charge in [-0.05, 0) is 75.4 Å². The number of rotatable bonds is 9. The van der Waals surface area contributed by atoms with E-state index in [2.05, 4.69) is 15.5 Å². The summed E-state index contributed by atoms with van der Waals surface area (Å²) in [5, 5.41) is 6.06. The van der Waals surface area contributed by atoms with Crippen molar-refractivity contribution in [3.63, 3.8) is 0 Å². The molecule has 0 aliphatic carbocycles. The summed E-state index contributed by atoms with van der Waals surface area (Å²) < 4.78 is 48.2. The zero-order valence-corrected chi connectivity index (χ0v) is 26.9. The highest BCUT2D eigenvalue weighted by Crippen LogP contribution is 2.34. The molecule has 2 aromatic carbocycles. The lowest BCUT2D eigenvalue weighted by Crippen LogP contribution is -2.62.